The third-order valence-electron chi connectivity index (χ3n) is 2.79. The largest absolute Gasteiger partial charge is 0.468 e. The van der Waals surface area contributed by atoms with Gasteiger partial charge in [-0.25, -0.2) is 4.98 Å². The summed E-state index contributed by atoms with van der Waals surface area (Å²) >= 11 is 5.71. The van der Waals surface area contributed by atoms with Gasteiger partial charge < -0.3 is 9.73 Å². The maximum absolute atomic E-state index is 12.0. The lowest BCUT2D eigenvalue weighted by atomic mass is 10.2. The van der Waals surface area contributed by atoms with Gasteiger partial charge in [0.05, 0.1) is 24.7 Å². The number of hydrogen-bond acceptors (Lipinski definition) is 5. The molecule has 0 aromatic carbocycles. The predicted octanol–water partition coefficient (Wildman–Crippen LogP) is 1.76. The summed E-state index contributed by atoms with van der Waals surface area (Å²) in [5, 5.41) is 2.98. The van der Waals surface area contributed by atoms with E-state index in [1.807, 2.05) is 31.1 Å². The molecule has 0 aliphatic rings. The summed E-state index contributed by atoms with van der Waals surface area (Å²) in [6.45, 7) is 0.396. The number of hydrogen-bond donors (Lipinski definition) is 1. The number of nitrogens with one attached hydrogen (secondary N) is 1. The van der Waals surface area contributed by atoms with Crippen molar-refractivity contribution in [2.75, 3.05) is 20.6 Å². The Labute approximate surface area is 121 Å². The van der Waals surface area contributed by atoms with Crippen molar-refractivity contribution in [3.63, 3.8) is 0 Å². The molecule has 2 heterocycles. The van der Waals surface area contributed by atoms with Crippen molar-refractivity contribution in [2.45, 2.75) is 6.04 Å². The molecule has 0 bridgehead atoms. The fourth-order valence-corrected chi connectivity index (χ4v) is 1.90. The number of aromatic nitrogens is 2. The van der Waals surface area contributed by atoms with Gasteiger partial charge in [-0.05, 0) is 26.2 Å². The van der Waals surface area contributed by atoms with Crippen LogP contribution in [0.5, 0.6) is 0 Å². The first-order valence-corrected chi connectivity index (χ1v) is 6.41. The number of rotatable bonds is 5. The Bertz CT molecular complexity index is 572. The summed E-state index contributed by atoms with van der Waals surface area (Å²) in [4.78, 5) is 21.7. The van der Waals surface area contributed by atoms with Crippen LogP contribution in [0.25, 0.3) is 0 Å². The minimum absolute atomic E-state index is 0.0545. The highest BCUT2D eigenvalue weighted by molar-refractivity contribution is 6.29. The van der Waals surface area contributed by atoms with E-state index >= 15 is 0 Å². The molecular weight excluding hydrogens is 280 g/mol. The van der Waals surface area contributed by atoms with Gasteiger partial charge in [-0.1, -0.05) is 11.6 Å². The summed E-state index contributed by atoms with van der Waals surface area (Å²) in [5.41, 5.74) is 0.189. The number of likely N-dealkylation sites (N-methyl/N-ethyl adjacent to an activating group) is 1. The first-order valence-electron chi connectivity index (χ1n) is 6.03. The molecule has 20 heavy (non-hydrogen) atoms. The van der Waals surface area contributed by atoms with E-state index in [1.54, 1.807) is 6.26 Å². The molecule has 0 aliphatic heterocycles. The van der Waals surface area contributed by atoms with E-state index in [4.69, 9.17) is 16.0 Å². The molecule has 2 aromatic heterocycles. The van der Waals surface area contributed by atoms with Gasteiger partial charge in [-0.15, -0.1) is 0 Å². The molecule has 1 N–H and O–H groups in total. The van der Waals surface area contributed by atoms with Gasteiger partial charge in [0.25, 0.3) is 5.91 Å². The van der Waals surface area contributed by atoms with Crippen LogP contribution in [0.3, 0.4) is 0 Å². The van der Waals surface area contributed by atoms with Crippen molar-refractivity contribution < 1.29 is 9.21 Å². The fraction of sp³-hybridized carbons (Fsp3) is 0.308. The van der Waals surface area contributed by atoms with E-state index in [9.17, 15) is 4.79 Å². The Kier molecular flexibility index (Phi) is 4.70. The Morgan fingerprint density at radius 1 is 1.50 bits per heavy atom. The second-order valence-corrected chi connectivity index (χ2v) is 4.82. The lowest BCUT2D eigenvalue weighted by Gasteiger charge is -2.22. The Hall–Kier alpha value is -1.92. The normalized spacial score (nSPS) is 12.4. The summed E-state index contributed by atoms with van der Waals surface area (Å²) in [7, 11) is 3.83. The number of carbonyl (C=O) groups excluding carboxylic acids is 1. The molecule has 7 heteroatoms. The van der Waals surface area contributed by atoms with Crippen LogP contribution in [0, 0.1) is 0 Å². The molecule has 0 fully saturated rings. The Morgan fingerprint density at radius 3 is 2.90 bits per heavy atom. The van der Waals surface area contributed by atoms with E-state index in [0.29, 0.717) is 6.54 Å². The summed E-state index contributed by atoms with van der Waals surface area (Å²) in [6.07, 6.45) is 4.36. The molecule has 2 rings (SSSR count). The van der Waals surface area contributed by atoms with Crippen LogP contribution in [0.15, 0.2) is 35.2 Å². The molecular formula is C13H15ClN4O2. The van der Waals surface area contributed by atoms with E-state index in [2.05, 4.69) is 15.3 Å². The van der Waals surface area contributed by atoms with E-state index in [1.165, 1.54) is 12.4 Å². The lowest BCUT2D eigenvalue weighted by Crippen LogP contribution is -2.34. The van der Waals surface area contributed by atoms with Crippen LogP contribution in [0.1, 0.15) is 22.3 Å². The van der Waals surface area contributed by atoms with Crippen molar-refractivity contribution in [1.82, 2.24) is 20.2 Å². The highest BCUT2D eigenvalue weighted by Gasteiger charge is 2.18. The number of amides is 1. The molecule has 1 atom stereocenters. The van der Waals surface area contributed by atoms with Crippen molar-refractivity contribution in [3.05, 3.63) is 47.4 Å². The summed E-state index contributed by atoms with van der Waals surface area (Å²) < 4.78 is 5.37. The molecule has 0 spiro atoms. The van der Waals surface area contributed by atoms with Gasteiger partial charge in [-0.3, -0.25) is 14.7 Å². The molecule has 0 radical (unpaired) electrons. The van der Waals surface area contributed by atoms with E-state index < -0.39 is 0 Å². The Balaban J connectivity index is 2.01. The van der Waals surface area contributed by atoms with Crippen molar-refractivity contribution >= 4 is 17.5 Å². The number of furan rings is 1. The molecule has 2 aromatic rings. The molecule has 106 valence electrons. The van der Waals surface area contributed by atoms with Gasteiger partial charge in [0, 0.05) is 6.54 Å². The number of halogens is 1. The molecule has 6 nitrogen and oxygen atoms in total. The zero-order valence-corrected chi connectivity index (χ0v) is 12.0. The third kappa shape index (κ3) is 3.55. The smallest absolute Gasteiger partial charge is 0.271 e. The average Bonchev–Trinajstić information content (AvgIpc) is 2.92. The molecule has 1 amide bonds. The Morgan fingerprint density at radius 2 is 2.30 bits per heavy atom. The number of carbonyl (C=O) groups is 1. The van der Waals surface area contributed by atoms with Crippen LogP contribution in [0.4, 0.5) is 0 Å². The first-order chi connectivity index (χ1) is 9.58. The minimum Gasteiger partial charge on any atom is -0.468 e. The highest BCUT2D eigenvalue weighted by atomic mass is 35.5. The predicted molar refractivity (Wildman–Crippen MR) is 74.5 cm³/mol. The molecule has 0 saturated carbocycles. The fourth-order valence-electron chi connectivity index (χ4n) is 1.75. The zero-order valence-electron chi connectivity index (χ0n) is 11.2. The van der Waals surface area contributed by atoms with Gasteiger partial charge >= 0.3 is 0 Å². The monoisotopic (exact) mass is 294 g/mol. The third-order valence-corrected chi connectivity index (χ3v) is 2.97. The van der Waals surface area contributed by atoms with Crippen LogP contribution in [-0.2, 0) is 0 Å². The molecule has 0 aliphatic carbocycles. The quantitative estimate of drug-likeness (QED) is 0.910. The first kappa shape index (κ1) is 14.5. The lowest BCUT2D eigenvalue weighted by molar-refractivity contribution is 0.0933. The molecule has 1 unspecified atom stereocenters. The standard InChI is InChI=1S/C13H15ClN4O2/c1-18(2)10(11-4-3-5-20-11)7-16-13(19)9-6-15-8-12(14)17-9/h3-6,8,10H,7H2,1-2H3,(H,16,19). The average molecular weight is 295 g/mol. The van der Waals surface area contributed by atoms with E-state index in [0.717, 1.165) is 5.76 Å². The zero-order chi connectivity index (χ0) is 14.5. The minimum atomic E-state index is -0.321. The van der Waals surface area contributed by atoms with Crippen LogP contribution in [0.2, 0.25) is 5.15 Å². The van der Waals surface area contributed by atoms with E-state index in [-0.39, 0.29) is 22.8 Å². The summed E-state index contributed by atoms with van der Waals surface area (Å²) in [6, 6.07) is 3.63. The molecule has 0 saturated heterocycles. The van der Waals surface area contributed by atoms with Crippen molar-refractivity contribution in [3.8, 4) is 0 Å². The topological polar surface area (TPSA) is 71.3 Å². The SMILES string of the molecule is CN(C)C(CNC(=O)c1cncc(Cl)n1)c1ccco1. The van der Waals surface area contributed by atoms with Crippen LogP contribution >= 0.6 is 11.6 Å². The van der Waals surface area contributed by atoms with Gasteiger partial charge in [0.1, 0.15) is 16.6 Å². The van der Waals surface area contributed by atoms with Gasteiger partial charge in [0.2, 0.25) is 0 Å². The number of nitrogens with zero attached hydrogens (tertiary/aromatic N) is 3. The van der Waals surface area contributed by atoms with Crippen molar-refractivity contribution in [1.29, 1.82) is 0 Å². The second kappa shape index (κ2) is 6.49. The van der Waals surface area contributed by atoms with Crippen LogP contribution in [-0.4, -0.2) is 41.4 Å². The van der Waals surface area contributed by atoms with Crippen molar-refractivity contribution in [2.24, 2.45) is 0 Å². The highest BCUT2D eigenvalue weighted by Crippen LogP contribution is 2.17. The van der Waals surface area contributed by atoms with Gasteiger partial charge in [0.15, 0.2) is 0 Å². The second-order valence-electron chi connectivity index (χ2n) is 4.43. The maximum atomic E-state index is 12.0. The van der Waals surface area contributed by atoms with Crippen LogP contribution < -0.4 is 5.32 Å². The maximum Gasteiger partial charge on any atom is 0.271 e. The summed E-state index contributed by atoms with van der Waals surface area (Å²) in [5.74, 6) is 0.464. The van der Waals surface area contributed by atoms with Gasteiger partial charge in [-0.2, -0.15) is 0 Å².